The van der Waals surface area contributed by atoms with E-state index in [1.54, 1.807) is 0 Å². The normalized spacial score (nSPS) is 11.6. The molecule has 0 nitrogen and oxygen atoms in total. The van der Waals surface area contributed by atoms with E-state index in [1.165, 1.54) is 65.3 Å². The number of hydrogen-bond acceptors (Lipinski definition) is 0. The minimum absolute atomic E-state index is 1.08. The Bertz CT molecular complexity index is 1820. The van der Waals surface area contributed by atoms with Crippen molar-refractivity contribution < 1.29 is 0 Å². The summed E-state index contributed by atoms with van der Waals surface area (Å²) in [6, 6.07) is 44.2. The van der Waals surface area contributed by atoms with E-state index in [-0.39, 0.29) is 0 Å². The fourth-order valence-electron chi connectivity index (χ4n) is 5.47. The van der Waals surface area contributed by atoms with Crippen LogP contribution >= 0.6 is 31.9 Å². The molecule has 0 N–H and O–H groups in total. The topological polar surface area (TPSA) is 0 Å². The molecule has 0 aliphatic carbocycles. The first-order valence-corrected chi connectivity index (χ1v) is 13.6. The van der Waals surface area contributed by atoms with Gasteiger partial charge in [-0.05, 0) is 102 Å². The Morgan fingerprint density at radius 2 is 0.750 bits per heavy atom. The molecule has 7 aromatic carbocycles. The fraction of sp³-hybridized carbons (Fsp3) is 0. The van der Waals surface area contributed by atoms with Crippen LogP contribution in [0.5, 0.6) is 0 Å². The van der Waals surface area contributed by atoms with Gasteiger partial charge in [0.2, 0.25) is 0 Å². The molecule has 36 heavy (non-hydrogen) atoms. The van der Waals surface area contributed by atoms with Crippen molar-refractivity contribution in [1.29, 1.82) is 0 Å². The second kappa shape index (κ2) is 8.58. The summed E-state index contributed by atoms with van der Waals surface area (Å²) in [5, 5.41) is 10.0. The Balaban J connectivity index is 1.68. The van der Waals surface area contributed by atoms with Crippen molar-refractivity contribution in [3.63, 3.8) is 0 Å². The van der Waals surface area contributed by atoms with E-state index in [9.17, 15) is 0 Å². The molecular weight excluding hydrogens is 568 g/mol. The van der Waals surface area contributed by atoms with E-state index in [2.05, 4.69) is 153 Å². The van der Waals surface area contributed by atoms with Gasteiger partial charge in [0.25, 0.3) is 0 Å². The summed E-state index contributed by atoms with van der Waals surface area (Å²) < 4.78 is 2.17. The lowest BCUT2D eigenvalue weighted by molar-refractivity contribution is 1.64. The molecule has 0 fully saturated rings. The lowest BCUT2D eigenvalue weighted by Crippen LogP contribution is -1.92. The Kier molecular flexibility index (Phi) is 5.20. The highest BCUT2D eigenvalue weighted by Gasteiger charge is 2.19. The van der Waals surface area contributed by atoms with Gasteiger partial charge in [-0.2, -0.15) is 0 Å². The monoisotopic (exact) mass is 586 g/mol. The molecule has 0 aromatic heterocycles. The molecule has 0 amide bonds. The lowest BCUT2D eigenvalue weighted by Gasteiger charge is -2.20. The number of fused-ring (bicyclic) bond motifs is 5. The van der Waals surface area contributed by atoms with Gasteiger partial charge in [0.05, 0.1) is 0 Å². The minimum Gasteiger partial charge on any atom is -0.0616 e. The molecule has 2 heteroatoms. The molecule has 0 heterocycles. The second-order valence-corrected chi connectivity index (χ2v) is 11.1. The molecular formula is C34H20Br2. The first kappa shape index (κ1) is 21.8. The van der Waals surface area contributed by atoms with Gasteiger partial charge in [0.15, 0.2) is 0 Å². The van der Waals surface area contributed by atoms with Gasteiger partial charge in [-0.15, -0.1) is 0 Å². The molecule has 0 saturated carbocycles. The summed E-state index contributed by atoms with van der Waals surface area (Å²) >= 11 is 7.46. The maximum absolute atomic E-state index is 3.73. The second-order valence-electron chi connectivity index (χ2n) is 9.25. The molecule has 0 atom stereocenters. The lowest BCUT2D eigenvalue weighted by atomic mass is 9.84. The van der Waals surface area contributed by atoms with E-state index >= 15 is 0 Å². The zero-order valence-corrected chi connectivity index (χ0v) is 22.5. The van der Waals surface area contributed by atoms with Gasteiger partial charge < -0.3 is 0 Å². The van der Waals surface area contributed by atoms with Crippen LogP contribution in [-0.2, 0) is 0 Å². The Hall–Kier alpha value is -3.46. The predicted molar refractivity (Wildman–Crippen MR) is 163 cm³/mol. The minimum atomic E-state index is 1.08. The predicted octanol–water partition coefficient (Wildman–Crippen LogP) is 11.2. The molecule has 0 aliphatic rings. The molecule has 170 valence electrons. The maximum atomic E-state index is 3.73. The zero-order chi connectivity index (χ0) is 24.2. The number of halogens is 2. The third-order valence-electron chi connectivity index (χ3n) is 7.12. The van der Waals surface area contributed by atoms with Crippen molar-refractivity contribution in [2.75, 3.05) is 0 Å². The third-order valence-corrected chi connectivity index (χ3v) is 8.10. The molecule has 0 radical (unpaired) electrons. The summed E-state index contributed by atoms with van der Waals surface area (Å²) in [4.78, 5) is 0. The zero-order valence-electron chi connectivity index (χ0n) is 19.3. The van der Waals surface area contributed by atoms with Crippen molar-refractivity contribution in [3.8, 4) is 22.3 Å². The van der Waals surface area contributed by atoms with Crippen molar-refractivity contribution in [2.24, 2.45) is 0 Å². The van der Waals surface area contributed by atoms with Gasteiger partial charge >= 0.3 is 0 Å². The van der Waals surface area contributed by atoms with Crippen molar-refractivity contribution in [1.82, 2.24) is 0 Å². The van der Waals surface area contributed by atoms with Crippen LogP contribution in [0, 0.1) is 0 Å². The standard InChI is InChI=1S/C34H20Br2/c35-27-13-15-29-31(19-27)32-20-28(36)14-16-30(32)34(26-12-10-22-6-2-4-8-24(22)18-26)33(29)25-11-9-21-5-1-3-7-23(21)17-25/h1-20H. The highest BCUT2D eigenvalue weighted by atomic mass is 79.9. The van der Waals surface area contributed by atoms with Crippen LogP contribution in [0.1, 0.15) is 0 Å². The van der Waals surface area contributed by atoms with Crippen LogP contribution < -0.4 is 0 Å². The molecule has 0 aliphatic heterocycles. The van der Waals surface area contributed by atoms with Gasteiger partial charge in [-0.3, -0.25) is 0 Å². The highest BCUT2D eigenvalue weighted by Crippen LogP contribution is 2.46. The number of rotatable bonds is 2. The first-order chi connectivity index (χ1) is 17.7. The smallest absolute Gasteiger partial charge is 0.0181 e. The van der Waals surface area contributed by atoms with Gasteiger partial charge in [-0.25, -0.2) is 0 Å². The Labute approximate surface area is 226 Å². The molecule has 7 aromatic rings. The van der Waals surface area contributed by atoms with Crippen molar-refractivity contribution in [3.05, 3.63) is 130 Å². The summed E-state index contributed by atoms with van der Waals surface area (Å²) in [6.07, 6.45) is 0. The van der Waals surface area contributed by atoms with Gasteiger partial charge in [-0.1, -0.05) is 117 Å². The fourth-order valence-corrected chi connectivity index (χ4v) is 6.20. The quantitative estimate of drug-likeness (QED) is 0.176. The first-order valence-electron chi connectivity index (χ1n) is 12.0. The molecule has 0 bridgehead atoms. The highest BCUT2D eigenvalue weighted by molar-refractivity contribution is 9.10. The summed E-state index contributed by atoms with van der Waals surface area (Å²) in [5.41, 5.74) is 5.00. The van der Waals surface area contributed by atoms with Crippen molar-refractivity contribution in [2.45, 2.75) is 0 Å². The van der Waals surface area contributed by atoms with Crippen LogP contribution in [0.3, 0.4) is 0 Å². The Morgan fingerprint density at radius 1 is 0.333 bits per heavy atom. The largest absolute Gasteiger partial charge is 0.0616 e. The SMILES string of the molecule is Brc1ccc2c(-c3ccc4ccccc4c3)c(-c3ccc4ccccc4c3)c3ccc(Br)cc3c2c1. The van der Waals surface area contributed by atoms with Crippen LogP contribution in [-0.4, -0.2) is 0 Å². The molecule has 7 rings (SSSR count). The summed E-state index contributed by atoms with van der Waals surface area (Å²) in [7, 11) is 0. The van der Waals surface area contributed by atoms with Crippen LogP contribution in [0.2, 0.25) is 0 Å². The van der Waals surface area contributed by atoms with Crippen LogP contribution in [0.25, 0.3) is 65.3 Å². The van der Waals surface area contributed by atoms with Gasteiger partial charge in [0, 0.05) is 8.95 Å². The molecule has 0 spiro atoms. The summed E-state index contributed by atoms with van der Waals surface area (Å²) in [6.45, 7) is 0. The maximum Gasteiger partial charge on any atom is 0.0181 e. The van der Waals surface area contributed by atoms with Crippen molar-refractivity contribution >= 4 is 74.9 Å². The van der Waals surface area contributed by atoms with E-state index < -0.39 is 0 Å². The average molecular weight is 588 g/mol. The van der Waals surface area contributed by atoms with Crippen LogP contribution in [0.4, 0.5) is 0 Å². The van der Waals surface area contributed by atoms with E-state index in [1.807, 2.05) is 0 Å². The average Bonchev–Trinajstić information content (AvgIpc) is 2.92. The van der Waals surface area contributed by atoms with E-state index in [4.69, 9.17) is 0 Å². The van der Waals surface area contributed by atoms with Gasteiger partial charge in [0.1, 0.15) is 0 Å². The van der Waals surface area contributed by atoms with E-state index in [0.717, 1.165) is 8.95 Å². The molecule has 0 saturated heterocycles. The Morgan fingerprint density at radius 3 is 1.19 bits per heavy atom. The number of benzene rings is 7. The van der Waals surface area contributed by atoms with E-state index in [0.29, 0.717) is 0 Å². The summed E-state index contributed by atoms with van der Waals surface area (Å²) in [5.74, 6) is 0. The number of hydrogen-bond donors (Lipinski definition) is 0. The molecule has 0 unspecified atom stereocenters. The van der Waals surface area contributed by atoms with Crippen LogP contribution in [0.15, 0.2) is 130 Å². The third kappa shape index (κ3) is 3.56.